The first-order valence-electron chi connectivity index (χ1n) is 10.0. The Balaban J connectivity index is 1.64. The quantitative estimate of drug-likeness (QED) is 0.261. The highest BCUT2D eigenvalue weighted by Gasteiger charge is 2.18. The van der Waals surface area contributed by atoms with E-state index in [1.54, 1.807) is 0 Å². The largest absolute Gasteiger partial charge is 0.452 e. The molecular weight excluding hydrogens is 390 g/mol. The average molecular weight is 417 g/mol. The molecule has 9 nitrogen and oxygen atoms in total. The summed E-state index contributed by atoms with van der Waals surface area (Å²) in [7, 11) is 0. The van der Waals surface area contributed by atoms with Crippen LogP contribution in [0.1, 0.15) is 55.8 Å². The summed E-state index contributed by atoms with van der Waals surface area (Å²) in [6.07, 6.45) is 6.60. The molecule has 0 aliphatic heterocycles. The maximum atomic E-state index is 12.0. The number of hydrogen-bond acceptors (Lipinski definition) is 6. The first-order valence-corrected chi connectivity index (χ1v) is 10.0. The van der Waals surface area contributed by atoms with E-state index < -0.39 is 22.9 Å². The highest BCUT2D eigenvalue weighted by Crippen LogP contribution is 2.19. The summed E-state index contributed by atoms with van der Waals surface area (Å²) in [4.78, 5) is 46.0. The number of amides is 2. The predicted octanol–water partition coefficient (Wildman–Crippen LogP) is 2.65. The summed E-state index contributed by atoms with van der Waals surface area (Å²) in [6.45, 7) is 2.04. The Hall–Kier alpha value is -3.23. The fraction of sp³-hybridized carbons (Fsp3) is 0.476. The van der Waals surface area contributed by atoms with Crippen LogP contribution in [-0.4, -0.2) is 41.9 Å². The van der Waals surface area contributed by atoms with E-state index in [2.05, 4.69) is 16.7 Å². The van der Waals surface area contributed by atoms with Crippen molar-refractivity contribution in [1.29, 1.82) is 0 Å². The summed E-state index contributed by atoms with van der Waals surface area (Å²) < 4.78 is 5.09. The number of allylic oxidation sites excluding steroid dienone is 1. The molecule has 1 aromatic rings. The summed E-state index contributed by atoms with van der Waals surface area (Å²) in [6, 6.07) is 5.13. The van der Waals surface area contributed by atoms with Gasteiger partial charge in [0.25, 0.3) is 17.5 Å². The van der Waals surface area contributed by atoms with Gasteiger partial charge >= 0.3 is 5.97 Å². The third-order valence-electron chi connectivity index (χ3n) is 4.76. The minimum absolute atomic E-state index is 0.0249. The molecular formula is C21H27N3O6. The molecule has 9 heteroatoms. The fourth-order valence-corrected chi connectivity index (χ4v) is 3.05. The van der Waals surface area contributed by atoms with Crippen LogP contribution in [0, 0.1) is 10.1 Å². The van der Waals surface area contributed by atoms with Gasteiger partial charge in [-0.2, -0.15) is 0 Å². The first-order chi connectivity index (χ1) is 14.4. The number of carbonyl (C=O) groups excluding carboxylic acids is 3. The van der Waals surface area contributed by atoms with E-state index in [-0.39, 0.29) is 30.1 Å². The van der Waals surface area contributed by atoms with Gasteiger partial charge in [-0.1, -0.05) is 11.6 Å². The average Bonchev–Trinajstić information content (AvgIpc) is 2.74. The molecule has 2 N–H and O–H groups in total. The summed E-state index contributed by atoms with van der Waals surface area (Å²) >= 11 is 0. The van der Waals surface area contributed by atoms with Crippen LogP contribution in [0.4, 0.5) is 5.69 Å². The van der Waals surface area contributed by atoms with Crippen molar-refractivity contribution in [2.24, 2.45) is 0 Å². The molecule has 2 amide bonds. The van der Waals surface area contributed by atoms with Gasteiger partial charge < -0.3 is 15.4 Å². The molecule has 2 rings (SSSR count). The highest BCUT2D eigenvalue weighted by atomic mass is 16.6. The van der Waals surface area contributed by atoms with Crippen LogP contribution in [-0.2, 0) is 14.3 Å². The Kier molecular flexibility index (Phi) is 8.99. The molecule has 0 radical (unpaired) electrons. The molecule has 1 aromatic carbocycles. The van der Waals surface area contributed by atoms with Gasteiger partial charge in [0.2, 0.25) is 0 Å². The number of nitrogens with zero attached hydrogens (tertiary/aromatic N) is 1. The van der Waals surface area contributed by atoms with Gasteiger partial charge in [0.05, 0.1) is 11.3 Å². The second-order valence-corrected chi connectivity index (χ2v) is 7.09. The van der Waals surface area contributed by atoms with E-state index in [0.29, 0.717) is 6.54 Å². The highest BCUT2D eigenvalue weighted by molar-refractivity contribution is 5.94. The maximum Gasteiger partial charge on any atom is 0.308 e. The van der Waals surface area contributed by atoms with E-state index in [4.69, 9.17) is 4.74 Å². The summed E-state index contributed by atoms with van der Waals surface area (Å²) in [5.41, 5.74) is 1.49. The zero-order valence-electron chi connectivity index (χ0n) is 17.0. The lowest BCUT2D eigenvalue weighted by molar-refractivity contribution is -0.384. The Morgan fingerprint density at radius 1 is 1.13 bits per heavy atom. The SMILES string of the molecule is C[C@H](OC(=O)CCNC(=O)c1ccc([N+](=O)[O-])cc1)C(=O)NCCC1=CCCCC1. The Morgan fingerprint density at radius 3 is 2.50 bits per heavy atom. The molecule has 0 fully saturated rings. The lowest BCUT2D eigenvalue weighted by Gasteiger charge is -2.15. The first kappa shape index (κ1) is 23.1. The van der Waals surface area contributed by atoms with Gasteiger partial charge in [-0.15, -0.1) is 0 Å². The van der Waals surface area contributed by atoms with E-state index >= 15 is 0 Å². The Bertz CT molecular complexity index is 803. The van der Waals surface area contributed by atoms with Crippen LogP contribution < -0.4 is 10.6 Å². The molecule has 0 spiro atoms. The predicted molar refractivity (Wildman–Crippen MR) is 110 cm³/mol. The molecule has 0 saturated carbocycles. The zero-order chi connectivity index (χ0) is 21.9. The fourth-order valence-electron chi connectivity index (χ4n) is 3.05. The van der Waals surface area contributed by atoms with E-state index in [1.165, 1.54) is 49.6 Å². The van der Waals surface area contributed by atoms with Gasteiger partial charge in [-0.25, -0.2) is 0 Å². The Morgan fingerprint density at radius 2 is 1.87 bits per heavy atom. The van der Waals surface area contributed by atoms with Crippen molar-refractivity contribution in [3.63, 3.8) is 0 Å². The zero-order valence-corrected chi connectivity index (χ0v) is 17.0. The van der Waals surface area contributed by atoms with Gasteiger partial charge in [0, 0.05) is 30.8 Å². The van der Waals surface area contributed by atoms with E-state index in [9.17, 15) is 24.5 Å². The van der Waals surface area contributed by atoms with Crippen LogP contribution >= 0.6 is 0 Å². The van der Waals surface area contributed by atoms with Gasteiger partial charge in [0.15, 0.2) is 6.10 Å². The number of non-ortho nitro benzene ring substituents is 1. The summed E-state index contributed by atoms with van der Waals surface area (Å²) in [5, 5.41) is 15.9. The third-order valence-corrected chi connectivity index (χ3v) is 4.76. The maximum absolute atomic E-state index is 12.0. The minimum Gasteiger partial charge on any atom is -0.452 e. The molecule has 0 unspecified atom stereocenters. The number of nitrogens with one attached hydrogen (secondary N) is 2. The van der Waals surface area contributed by atoms with Gasteiger partial charge in [-0.3, -0.25) is 24.5 Å². The van der Waals surface area contributed by atoms with Crippen LogP contribution in [0.5, 0.6) is 0 Å². The van der Waals surface area contributed by atoms with Crippen molar-refractivity contribution in [2.75, 3.05) is 13.1 Å². The summed E-state index contributed by atoms with van der Waals surface area (Å²) in [5.74, 6) is -1.41. The third kappa shape index (κ3) is 7.65. The number of esters is 1. The molecule has 0 heterocycles. The molecule has 0 bridgehead atoms. The van der Waals surface area contributed by atoms with Crippen molar-refractivity contribution in [3.8, 4) is 0 Å². The molecule has 1 aliphatic carbocycles. The normalized spacial score (nSPS) is 14.2. The molecule has 0 saturated heterocycles. The number of hydrogen-bond donors (Lipinski definition) is 2. The minimum atomic E-state index is -0.914. The number of nitro benzene ring substituents is 1. The van der Waals surface area contributed by atoms with Crippen molar-refractivity contribution in [1.82, 2.24) is 10.6 Å². The van der Waals surface area contributed by atoms with Crippen LogP contribution in [0.15, 0.2) is 35.9 Å². The van der Waals surface area contributed by atoms with E-state index in [1.807, 2.05) is 0 Å². The number of nitro groups is 1. The lowest BCUT2D eigenvalue weighted by Crippen LogP contribution is -2.37. The van der Waals surface area contributed by atoms with E-state index in [0.717, 1.165) is 19.3 Å². The van der Waals surface area contributed by atoms with Gasteiger partial charge in [0.1, 0.15) is 0 Å². The smallest absolute Gasteiger partial charge is 0.308 e. The van der Waals surface area contributed by atoms with Crippen molar-refractivity contribution in [3.05, 3.63) is 51.6 Å². The van der Waals surface area contributed by atoms with Crippen molar-refractivity contribution < 1.29 is 24.0 Å². The number of carbonyl (C=O) groups is 3. The standard InChI is InChI=1S/C21H27N3O6/c1-15(20(26)22-13-11-16-5-3-2-4-6-16)30-19(25)12-14-23-21(27)17-7-9-18(10-8-17)24(28)29/h5,7-10,15H,2-4,6,11-14H2,1H3,(H,22,26)(H,23,27)/t15-/m0/s1. The second-order valence-electron chi connectivity index (χ2n) is 7.09. The second kappa shape index (κ2) is 11.7. The monoisotopic (exact) mass is 417 g/mol. The topological polar surface area (TPSA) is 128 Å². The number of rotatable bonds is 10. The van der Waals surface area contributed by atoms with Crippen molar-refractivity contribution >= 4 is 23.5 Å². The lowest BCUT2D eigenvalue weighted by atomic mass is 9.97. The Labute approximate surface area is 175 Å². The van der Waals surface area contributed by atoms with Crippen LogP contribution in [0.25, 0.3) is 0 Å². The molecule has 1 atom stereocenters. The van der Waals surface area contributed by atoms with Crippen molar-refractivity contribution in [2.45, 2.75) is 51.6 Å². The molecule has 0 aromatic heterocycles. The number of benzene rings is 1. The number of ether oxygens (including phenoxy) is 1. The molecule has 30 heavy (non-hydrogen) atoms. The molecule has 1 aliphatic rings. The van der Waals surface area contributed by atoms with Crippen LogP contribution in [0.2, 0.25) is 0 Å². The molecule has 162 valence electrons. The van der Waals surface area contributed by atoms with Crippen LogP contribution in [0.3, 0.4) is 0 Å². The van der Waals surface area contributed by atoms with Gasteiger partial charge in [-0.05, 0) is 51.2 Å².